The number of amides is 1. The van der Waals surface area contributed by atoms with Gasteiger partial charge < -0.3 is 20.1 Å². The molecule has 0 unspecified atom stereocenters. The monoisotopic (exact) mass is 308 g/mol. The number of carbonyl (C=O) groups excluding carboxylic acids is 1. The maximum absolute atomic E-state index is 12.0. The molecule has 0 spiro atoms. The first kappa shape index (κ1) is 19.6. The summed E-state index contributed by atoms with van der Waals surface area (Å²) in [5.74, 6) is 0.119. The van der Waals surface area contributed by atoms with Gasteiger partial charge in [-0.2, -0.15) is 0 Å². The summed E-state index contributed by atoms with van der Waals surface area (Å²) in [7, 11) is 1.83. The molecule has 20 heavy (non-hydrogen) atoms. The molecule has 0 aliphatic carbocycles. The van der Waals surface area contributed by atoms with Gasteiger partial charge >= 0.3 is 0 Å². The molecule has 0 saturated carbocycles. The van der Waals surface area contributed by atoms with Crippen molar-refractivity contribution in [2.24, 2.45) is 11.1 Å². The molecule has 0 aromatic heterocycles. The third kappa shape index (κ3) is 7.43. The summed E-state index contributed by atoms with van der Waals surface area (Å²) in [4.78, 5) is 13.7. The zero-order valence-electron chi connectivity index (χ0n) is 12.9. The van der Waals surface area contributed by atoms with Gasteiger partial charge in [-0.25, -0.2) is 0 Å². The lowest BCUT2D eigenvalue weighted by Crippen LogP contribution is -2.40. The Morgan fingerprint density at radius 1 is 1.40 bits per heavy atom. The normalized spacial score (nSPS) is 16.6. The summed E-state index contributed by atoms with van der Waals surface area (Å²) in [6.07, 6.45) is 2.57. The standard InChI is InChI=1S/C14H28N2O3.ClH/c1-14(2,10-15)11-16(3)13(17)6-9-19-12-4-7-18-8-5-12;/h12H,4-11,15H2,1-3H3;1H. The van der Waals surface area contributed by atoms with Crippen molar-refractivity contribution < 1.29 is 14.3 Å². The van der Waals surface area contributed by atoms with Crippen LogP contribution in [-0.2, 0) is 14.3 Å². The number of nitrogens with zero attached hydrogens (tertiary/aromatic N) is 1. The minimum absolute atomic E-state index is 0. The fraction of sp³-hybridized carbons (Fsp3) is 0.929. The van der Waals surface area contributed by atoms with E-state index in [0.29, 0.717) is 26.1 Å². The molecule has 0 aromatic carbocycles. The molecule has 1 aliphatic heterocycles. The highest BCUT2D eigenvalue weighted by molar-refractivity contribution is 5.85. The molecule has 6 heteroatoms. The Balaban J connectivity index is 0.00000361. The molecule has 1 heterocycles. The van der Waals surface area contributed by atoms with Crippen LogP contribution in [0.4, 0.5) is 0 Å². The Kier molecular flexibility index (Phi) is 9.38. The third-order valence-corrected chi connectivity index (χ3v) is 3.48. The van der Waals surface area contributed by atoms with Gasteiger partial charge in [-0.05, 0) is 24.8 Å². The van der Waals surface area contributed by atoms with Gasteiger partial charge in [0.1, 0.15) is 0 Å². The van der Waals surface area contributed by atoms with Crippen molar-refractivity contribution in [3.05, 3.63) is 0 Å². The smallest absolute Gasteiger partial charge is 0.224 e. The molecule has 1 amide bonds. The van der Waals surface area contributed by atoms with Gasteiger partial charge in [0, 0.05) is 26.8 Å². The van der Waals surface area contributed by atoms with Crippen molar-refractivity contribution in [1.82, 2.24) is 4.90 Å². The van der Waals surface area contributed by atoms with E-state index in [1.807, 2.05) is 7.05 Å². The van der Waals surface area contributed by atoms with Gasteiger partial charge in [0.15, 0.2) is 0 Å². The van der Waals surface area contributed by atoms with Crippen molar-refractivity contribution in [3.63, 3.8) is 0 Å². The van der Waals surface area contributed by atoms with Gasteiger partial charge in [0.05, 0.1) is 19.1 Å². The summed E-state index contributed by atoms with van der Waals surface area (Å²) < 4.78 is 11.0. The second-order valence-corrected chi connectivity index (χ2v) is 6.05. The Morgan fingerprint density at radius 3 is 2.55 bits per heavy atom. The average molecular weight is 309 g/mol. The van der Waals surface area contributed by atoms with Crippen molar-refractivity contribution in [2.45, 2.75) is 39.2 Å². The average Bonchev–Trinajstić information content (AvgIpc) is 2.39. The second kappa shape index (κ2) is 9.55. The summed E-state index contributed by atoms with van der Waals surface area (Å²) >= 11 is 0. The molecule has 5 nitrogen and oxygen atoms in total. The third-order valence-electron chi connectivity index (χ3n) is 3.48. The molecule has 2 N–H and O–H groups in total. The van der Waals surface area contributed by atoms with E-state index in [0.717, 1.165) is 26.1 Å². The summed E-state index contributed by atoms with van der Waals surface area (Å²) in [5.41, 5.74) is 5.64. The first-order valence-electron chi connectivity index (χ1n) is 7.08. The Morgan fingerprint density at radius 2 is 2.00 bits per heavy atom. The van der Waals surface area contributed by atoms with Crippen molar-refractivity contribution in [2.75, 3.05) is 40.0 Å². The van der Waals surface area contributed by atoms with Crippen molar-refractivity contribution >= 4 is 18.3 Å². The van der Waals surface area contributed by atoms with Crippen LogP contribution in [-0.4, -0.2) is 56.9 Å². The van der Waals surface area contributed by atoms with Gasteiger partial charge in [-0.15, -0.1) is 12.4 Å². The number of carbonyl (C=O) groups is 1. The van der Waals surface area contributed by atoms with E-state index in [9.17, 15) is 4.79 Å². The van der Waals surface area contributed by atoms with E-state index in [4.69, 9.17) is 15.2 Å². The van der Waals surface area contributed by atoms with Crippen LogP contribution in [0.5, 0.6) is 0 Å². The topological polar surface area (TPSA) is 64.8 Å². The molecule has 0 atom stereocenters. The van der Waals surface area contributed by atoms with Crippen LogP contribution in [0.3, 0.4) is 0 Å². The first-order chi connectivity index (χ1) is 8.94. The fourth-order valence-electron chi connectivity index (χ4n) is 2.14. The molecule has 1 aliphatic rings. The molecule has 0 bridgehead atoms. The van der Waals surface area contributed by atoms with Crippen LogP contribution in [0.25, 0.3) is 0 Å². The van der Waals surface area contributed by atoms with E-state index in [1.165, 1.54) is 0 Å². The van der Waals surface area contributed by atoms with Crippen LogP contribution in [0.15, 0.2) is 0 Å². The molecule has 120 valence electrons. The minimum Gasteiger partial charge on any atom is -0.381 e. The van der Waals surface area contributed by atoms with Gasteiger partial charge in [-0.3, -0.25) is 4.79 Å². The van der Waals surface area contributed by atoms with Crippen molar-refractivity contribution in [3.8, 4) is 0 Å². The minimum atomic E-state index is -0.0357. The highest BCUT2D eigenvalue weighted by Crippen LogP contribution is 2.15. The summed E-state index contributed by atoms with van der Waals surface area (Å²) in [6, 6.07) is 0. The Hall–Kier alpha value is -0.360. The molecule has 1 rings (SSSR count). The van der Waals surface area contributed by atoms with E-state index < -0.39 is 0 Å². The Labute approximate surface area is 128 Å². The predicted molar refractivity (Wildman–Crippen MR) is 82.1 cm³/mol. The first-order valence-corrected chi connectivity index (χ1v) is 7.08. The lowest BCUT2D eigenvalue weighted by molar-refractivity contribution is -0.133. The molecule has 1 fully saturated rings. The molecule has 0 radical (unpaired) electrons. The van der Waals surface area contributed by atoms with E-state index >= 15 is 0 Å². The zero-order valence-corrected chi connectivity index (χ0v) is 13.7. The fourth-order valence-corrected chi connectivity index (χ4v) is 2.14. The van der Waals surface area contributed by atoms with E-state index in [1.54, 1.807) is 4.90 Å². The predicted octanol–water partition coefficient (Wildman–Crippen LogP) is 1.44. The SMILES string of the molecule is CN(CC(C)(C)CN)C(=O)CCOC1CCOCC1.Cl. The number of nitrogens with two attached hydrogens (primary N) is 1. The van der Waals surface area contributed by atoms with Crippen LogP contribution >= 0.6 is 12.4 Å². The van der Waals surface area contributed by atoms with Gasteiger partial charge in [-0.1, -0.05) is 13.8 Å². The maximum atomic E-state index is 12.0. The highest BCUT2D eigenvalue weighted by Gasteiger charge is 2.21. The molecular weight excluding hydrogens is 280 g/mol. The van der Waals surface area contributed by atoms with Gasteiger partial charge in [0.25, 0.3) is 0 Å². The largest absolute Gasteiger partial charge is 0.381 e. The van der Waals surface area contributed by atoms with E-state index in [2.05, 4.69) is 13.8 Å². The summed E-state index contributed by atoms with van der Waals surface area (Å²) in [5, 5.41) is 0. The van der Waals surface area contributed by atoms with Crippen LogP contribution in [0, 0.1) is 5.41 Å². The lowest BCUT2D eigenvalue weighted by atomic mass is 9.93. The quantitative estimate of drug-likeness (QED) is 0.773. The number of rotatable bonds is 7. The number of ether oxygens (including phenoxy) is 2. The molecular formula is C14H29ClN2O3. The Bertz CT molecular complexity index is 282. The van der Waals surface area contributed by atoms with Crippen LogP contribution in [0.2, 0.25) is 0 Å². The zero-order chi connectivity index (χ0) is 14.3. The van der Waals surface area contributed by atoms with Crippen LogP contribution < -0.4 is 5.73 Å². The highest BCUT2D eigenvalue weighted by atomic mass is 35.5. The van der Waals surface area contributed by atoms with Crippen LogP contribution in [0.1, 0.15) is 33.1 Å². The maximum Gasteiger partial charge on any atom is 0.224 e. The molecule has 1 saturated heterocycles. The number of hydrogen-bond acceptors (Lipinski definition) is 4. The lowest BCUT2D eigenvalue weighted by Gasteiger charge is -2.29. The number of halogens is 1. The second-order valence-electron chi connectivity index (χ2n) is 6.05. The van der Waals surface area contributed by atoms with Crippen molar-refractivity contribution in [1.29, 1.82) is 0 Å². The number of hydrogen-bond donors (Lipinski definition) is 1. The summed E-state index contributed by atoms with van der Waals surface area (Å²) in [6.45, 7) is 7.41. The van der Waals surface area contributed by atoms with E-state index in [-0.39, 0.29) is 29.8 Å². The van der Waals surface area contributed by atoms with Gasteiger partial charge in [0.2, 0.25) is 5.91 Å². The molecule has 0 aromatic rings.